The van der Waals surface area contributed by atoms with Gasteiger partial charge in [-0.25, -0.2) is 14.4 Å². The van der Waals surface area contributed by atoms with Gasteiger partial charge in [-0.2, -0.15) is 23.3 Å². The number of fused-ring (bicyclic) bond motifs is 1. The third-order valence-electron chi connectivity index (χ3n) is 6.61. The van der Waals surface area contributed by atoms with Crippen molar-refractivity contribution >= 4 is 28.7 Å². The number of anilines is 2. The summed E-state index contributed by atoms with van der Waals surface area (Å²) in [5, 5.41) is 13.2. The van der Waals surface area contributed by atoms with E-state index < -0.39 is 18.4 Å². The van der Waals surface area contributed by atoms with Crippen molar-refractivity contribution in [2.75, 3.05) is 37.4 Å². The van der Waals surface area contributed by atoms with Crippen molar-refractivity contribution in [3.8, 4) is 17.0 Å². The fourth-order valence-electron chi connectivity index (χ4n) is 4.37. The van der Waals surface area contributed by atoms with Crippen LogP contribution in [0.25, 0.3) is 16.6 Å². The van der Waals surface area contributed by atoms with Crippen LogP contribution in [0.4, 0.5) is 34.9 Å². The molecule has 0 radical (unpaired) electrons. The summed E-state index contributed by atoms with van der Waals surface area (Å²) in [7, 11) is 1.43. The second-order valence-electron chi connectivity index (χ2n) is 9.13. The molecule has 3 heterocycles. The molecule has 38 heavy (non-hydrogen) atoms. The van der Waals surface area contributed by atoms with Crippen LogP contribution in [0.1, 0.15) is 20.3 Å². The predicted molar refractivity (Wildman–Crippen MR) is 133 cm³/mol. The number of aromatic nitrogens is 3. The van der Waals surface area contributed by atoms with Gasteiger partial charge in [0.25, 0.3) is 0 Å². The maximum atomic E-state index is 14.6. The lowest BCUT2D eigenvalue weighted by Gasteiger charge is -2.34. The molecule has 0 unspecified atom stereocenters. The Morgan fingerprint density at radius 2 is 2.11 bits per heavy atom. The van der Waals surface area contributed by atoms with E-state index in [1.807, 2.05) is 0 Å². The summed E-state index contributed by atoms with van der Waals surface area (Å²) in [5.41, 5.74) is 9.03. The van der Waals surface area contributed by atoms with Crippen molar-refractivity contribution in [2.24, 2.45) is 11.0 Å². The van der Waals surface area contributed by atoms with Crippen molar-refractivity contribution < 1.29 is 27.1 Å². The molecule has 0 saturated carbocycles. The number of benzene rings is 1. The lowest BCUT2D eigenvalue weighted by molar-refractivity contribution is -0.138. The third-order valence-corrected chi connectivity index (χ3v) is 6.61. The van der Waals surface area contributed by atoms with Crippen molar-refractivity contribution in [3.05, 3.63) is 30.5 Å². The number of carbonyl (C=O) groups excluding carboxylic acids is 1. The fourth-order valence-corrected chi connectivity index (χ4v) is 4.37. The normalized spacial score (nSPS) is 18.8. The average molecular weight is 537 g/mol. The Morgan fingerprint density at radius 1 is 1.34 bits per heavy atom. The summed E-state index contributed by atoms with van der Waals surface area (Å²) in [5.74, 6) is -0.0508. The molecular formula is C24H28F4N8O2. The molecule has 1 amide bonds. The Morgan fingerprint density at radius 3 is 2.74 bits per heavy atom. The highest BCUT2D eigenvalue weighted by molar-refractivity contribution is 5.87. The minimum absolute atomic E-state index is 0.0523. The van der Waals surface area contributed by atoms with Crippen LogP contribution in [0, 0.1) is 11.4 Å². The molecule has 2 aromatic heterocycles. The van der Waals surface area contributed by atoms with Gasteiger partial charge in [-0.3, -0.25) is 4.79 Å². The Labute approximate surface area is 215 Å². The number of hydrogen-bond donors (Lipinski definition) is 3. The first-order chi connectivity index (χ1) is 18.0. The van der Waals surface area contributed by atoms with E-state index in [4.69, 9.17) is 10.3 Å². The van der Waals surface area contributed by atoms with E-state index in [0.29, 0.717) is 29.6 Å². The van der Waals surface area contributed by atoms with Gasteiger partial charge >= 0.3 is 6.18 Å². The summed E-state index contributed by atoms with van der Waals surface area (Å²) >= 11 is 0. The van der Waals surface area contributed by atoms with Crippen LogP contribution in [-0.2, 0) is 4.79 Å². The zero-order valence-electron chi connectivity index (χ0n) is 21.0. The highest BCUT2D eigenvalue weighted by Gasteiger charge is 2.36. The summed E-state index contributed by atoms with van der Waals surface area (Å²) in [6, 6.07) is 4.42. The van der Waals surface area contributed by atoms with Crippen molar-refractivity contribution in [1.29, 1.82) is 5.53 Å². The quantitative estimate of drug-likeness (QED) is 0.274. The molecule has 204 valence electrons. The first-order valence-corrected chi connectivity index (χ1v) is 11.9. The van der Waals surface area contributed by atoms with Gasteiger partial charge in [-0.1, -0.05) is 6.07 Å². The number of methoxy groups -OCH3 is 1. The van der Waals surface area contributed by atoms with Gasteiger partial charge in [0.1, 0.15) is 23.4 Å². The summed E-state index contributed by atoms with van der Waals surface area (Å²) in [6.45, 7) is 3.21. The molecule has 1 fully saturated rings. The Bertz CT molecular complexity index is 1330. The van der Waals surface area contributed by atoms with Gasteiger partial charge in [-0.15, -0.1) is 5.10 Å². The smallest absolute Gasteiger partial charge is 0.408 e. The monoisotopic (exact) mass is 536 g/mol. The molecule has 10 nitrogen and oxygen atoms in total. The SMILES string of the molecule is COc1nc(NC[C@H]2CCN(C(C)=O)C[C@H]2F)nn2ccc(-c3ccc(N=N)c(N[C@H](C)C(F)(F)F)c3)c12. The number of alkyl halides is 4. The van der Waals surface area contributed by atoms with Gasteiger partial charge in [0.15, 0.2) is 0 Å². The molecule has 3 N–H and O–H groups in total. The molecule has 1 aromatic carbocycles. The number of halogens is 4. The van der Waals surface area contributed by atoms with Gasteiger partial charge in [0.2, 0.25) is 17.7 Å². The van der Waals surface area contributed by atoms with E-state index in [-0.39, 0.29) is 48.1 Å². The van der Waals surface area contributed by atoms with Crippen LogP contribution in [0.3, 0.4) is 0 Å². The van der Waals surface area contributed by atoms with Crippen LogP contribution in [0.5, 0.6) is 5.88 Å². The minimum Gasteiger partial charge on any atom is -0.479 e. The van der Waals surface area contributed by atoms with E-state index in [1.165, 1.54) is 35.6 Å². The van der Waals surface area contributed by atoms with E-state index in [2.05, 4.69) is 25.8 Å². The highest BCUT2D eigenvalue weighted by atomic mass is 19.4. The van der Waals surface area contributed by atoms with Crippen LogP contribution in [0.2, 0.25) is 0 Å². The lowest BCUT2D eigenvalue weighted by Crippen LogP contribution is -2.45. The van der Waals surface area contributed by atoms with Crippen LogP contribution >= 0.6 is 0 Å². The molecule has 0 bridgehead atoms. The largest absolute Gasteiger partial charge is 0.479 e. The molecular weight excluding hydrogens is 508 g/mol. The molecule has 1 aliphatic heterocycles. The molecule has 0 spiro atoms. The first-order valence-electron chi connectivity index (χ1n) is 11.9. The van der Waals surface area contributed by atoms with Gasteiger partial charge < -0.3 is 20.3 Å². The molecule has 3 atom stereocenters. The standard InChI is InChI=1S/C24H28F4N8O2/c1-13(24(26,27)28)31-20-10-15(4-5-19(20)33-29)17-7-9-36-21(17)22(38-3)32-23(34-36)30-11-16-6-8-35(14(2)37)12-18(16)25/h4-5,7,9-10,13,16,18,29,31H,6,8,11-12H2,1-3H3,(H,30,34)/t13-,16-,18-/m1/s1. The summed E-state index contributed by atoms with van der Waals surface area (Å²) in [6.07, 6.45) is -3.50. The predicted octanol–water partition coefficient (Wildman–Crippen LogP) is 5.05. The van der Waals surface area contributed by atoms with Crippen LogP contribution in [-0.4, -0.2) is 70.5 Å². The van der Waals surface area contributed by atoms with E-state index in [9.17, 15) is 22.4 Å². The number of piperidine rings is 1. The number of nitrogens with one attached hydrogen (secondary N) is 3. The Balaban J connectivity index is 1.59. The third kappa shape index (κ3) is 5.63. The zero-order chi connectivity index (χ0) is 27.6. The number of nitrogens with zero attached hydrogens (tertiary/aromatic N) is 5. The maximum Gasteiger partial charge on any atom is 0.408 e. The average Bonchev–Trinajstić information content (AvgIpc) is 3.31. The van der Waals surface area contributed by atoms with Crippen LogP contribution in [0.15, 0.2) is 35.6 Å². The van der Waals surface area contributed by atoms with E-state index in [0.717, 1.165) is 6.92 Å². The van der Waals surface area contributed by atoms with Gasteiger partial charge in [0, 0.05) is 37.7 Å². The van der Waals surface area contributed by atoms with Crippen LogP contribution < -0.4 is 15.4 Å². The van der Waals surface area contributed by atoms with Crippen molar-refractivity contribution in [2.45, 2.75) is 38.7 Å². The second kappa shape index (κ2) is 10.8. The Hall–Kier alpha value is -3.97. The molecule has 1 saturated heterocycles. The Kier molecular flexibility index (Phi) is 7.69. The molecule has 14 heteroatoms. The number of rotatable bonds is 8. The summed E-state index contributed by atoms with van der Waals surface area (Å²) < 4.78 is 61.0. The number of likely N-dealkylation sites (tertiary alicyclic amines) is 1. The minimum atomic E-state index is -4.48. The summed E-state index contributed by atoms with van der Waals surface area (Å²) in [4.78, 5) is 17.4. The number of ether oxygens (including phenoxy) is 1. The van der Waals surface area contributed by atoms with Crippen molar-refractivity contribution in [1.82, 2.24) is 19.5 Å². The van der Waals surface area contributed by atoms with E-state index >= 15 is 0 Å². The van der Waals surface area contributed by atoms with E-state index in [1.54, 1.807) is 18.3 Å². The molecule has 4 rings (SSSR count). The van der Waals surface area contributed by atoms with Gasteiger partial charge in [0.05, 0.1) is 19.3 Å². The molecule has 1 aliphatic rings. The fraction of sp³-hybridized carbons (Fsp3) is 0.458. The zero-order valence-corrected chi connectivity index (χ0v) is 21.0. The number of amides is 1. The maximum absolute atomic E-state index is 14.6. The molecule has 3 aromatic rings. The van der Waals surface area contributed by atoms with Crippen molar-refractivity contribution in [3.63, 3.8) is 0 Å². The first kappa shape index (κ1) is 27.1. The number of carbonyl (C=O) groups is 1. The van der Waals surface area contributed by atoms with Gasteiger partial charge in [-0.05, 0) is 37.1 Å². The topological polar surface area (TPSA) is 120 Å². The second-order valence-corrected chi connectivity index (χ2v) is 9.13. The highest BCUT2D eigenvalue weighted by Crippen LogP contribution is 2.37. The number of hydrogen-bond acceptors (Lipinski definition) is 8. The lowest BCUT2D eigenvalue weighted by atomic mass is 9.95. The molecule has 0 aliphatic carbocycles.